The molecule has 0 aliphatic heterocycles. The molecule has 2 nitrogen and oxygen atoms in total. The topological polar surface area (TPSA) is 9.34 Å². The van der Waals surface area contributed by atoms with Crippen LogP contribution in [-0.2, 0) is 0 Å². The average Bonchev–Trinajstić information content (AvgIpc) is 3.71. The largest absolute Gasteiger partial charge is 0.309 e. The molecule has 0 bridgehead atoms. The van der Waals surface area contributed by atoms with Gasteiger partial charge >= 0.3 is 0 Å². The molecule has 0 radical (unpaired) electrons. The normalized spacial score (nSPS) is 12.6. The Bertz CT molecular complexity index is 2610. The van der Waals surface area contributed by atoms with Gasteiger partial charge in [0.1, 0.15) is 0 Å². The molecule has 39 heavy (non-hydrogen) atoms. The maximum absolute atomic E-state index is 2.47. The fourth-order valence-electron chi connectivity index (χ4n) is 7.02. The molecule has 0 amide bonds. The molecular formula is C36H20N2S. The van der Waals surface area contributed by atoms with Crippen molar-refractivity contribution < 1.29 is 0 Å². The first-order valence-corrected chi connectivity index (χ1v) is 14.2. The highest BCUT2D eigenvalue weighted by atomic mass is 32.1. The molecule has 4 aromatic heterocycles. The minimum absolute atomic E-state index is 1.19. The van der Waals surface area contributed by atoms with Gasteiger partial charge in [-0.05, 0) is 42.5 Å². The van der Waals surface area contributed by atoms with E-state index in [0.717, 1.165) is 0 Å². The molecule has 6 aromatic carbocycles. The van der Waals surface area contributed by atoms with Crippen LogP contribution in [0.25, 0.3) is 85.8 Å². The van der Waals surface area contributed by atoms with E-state index >= 15 is 0 Å². The zero-order valence-corrected chi connectivity index (χ0v) is 21.7. The van der Waals surface area contributed by atoms with Crippen molar-refractivity contribution in [3.8, 4) is 5.69 Å². The first-order valence-electron chi connectivity index (χ1n) is 13.4. The zero-order chi connectivity index (χ0) is 25.2. The fourth-order valence-corrected chi connectivity index (χ4v) is 8.14. The van der Waals surface area contributed by atoms with Crippen molar-refractivity contribution in [2.75, 3.05) is 0 Å². The van der Waals surface area contributed by atoms with Crippen LogP contribution in [0, 0.1) is 0 Å². The van der Waals surface area contributed by atoms with Gasteiger partial charge in [-0.1, -0.05) is 78.9 Å². The van der Waals surface area contributed by atoms with Gasteiger partial charge in [0, 0.05) is 58.2 Å². The molecule has 0 spiro atoms. The summed E-state index contributed by atoms with van der Waals surface area (Å²) in [6.07, 6.45) is 0. The molecule has 3 heteroatoms. The Balaban J connectivity index is 1.36. The first kappa shape index (κ1) is 20.1. The van der Waals surface area contributed by atoms with Gasteiger partial charge in [0.25, 0.3) is 0 Å². The van der Waals surface area contributed by atoms with Crippen LogP contribution in [0.15, 0.2) is 121 Å². The summed E-state index contributed by atoms with van der Waals surface area (Å²) in [4.78, 5) is 0. The van der Waals surface area contributed by atoms with Gasteiger partial charge in [-0.2, -0.15) is 0 Å². The molecular weight excluding hydrogens is 492 g/mol. The van der Waals surface area contributed by atoms with Crippen molar-refractivity contribution in [1.29, 1.82) is 0 Å². The van der Waals surface area contributed by atoms with Crippen LogP contribution in [0.1, 0.15) is 0 Å². The quantitative estimate of drug-likeness (QED) is 0.207. The number of hydrogen-bond acceptors (Lipinski definition) is 1. The van der Waals surface area contributed by atoms with Crippen molar-refractivity contribution in [3.05, 3.63) is 121 Å². The SMILES string of the molecule is c1ccc2c(c1)sc1cc3c(cc12)c1ccccc1n3-c1ccc2c3cccc4c5ccccc5n(c2c1)c43. The van der Waals surface area contributed by atoms with Crippen molar-refractivity contribution in [2.45, 2.75) is 0 Å². The predicted molar refractivity (Wildman–Crippen MR) is 168 cm³/mol. The summed E-state index contributed by atoms with van der Waals surface area (Å²) in [5, 5.41) is 10.5. The molecule has 0 aliphatic carbocycles. The lowest BCUT2D eigenvalue weighted by Crippen LogP contribution is -1.94. The molecule has 0 saturated heterocycles. The lowest BCUT2D eigenvalue weighted by atomic mass is 10.1. The zero-order valence-electron chi connectivity index (χ0n) is 20.8. The van der Waals surface area contributed by atoms with Crippen LogP contribution in [0.5, 0.6) is 0 Å². The summed E-state index contributed by atoms with van der Waals surface area (Å²) in [7, 11) is 0. The van der Waals surface area contributed by atoms with Crippen molar-refractivity contribution in [2.24, 2.45) is 0 Å². The van der Waals surface area contributed by atoms with Crippen LogP contribution in [-0.4, -0.2) is 8.97 Å². The van der Waals surface area contributed by atoms with Gasteiger partial charge in [-0.25, -0.2) is 0 Å². The minimum atomic E-state index is 1.19. The molecule has 0 saturated carbocycles. The van der Waals surface area contributed by atoms with Gasteiger partial charge < -0.3 is 8.97 Å². The van der Waals surface area contributed by atoms with Crippen molar-refractivity contribution in [3.63, 3.8) is 0 Å². The molecule has 10 rings (SSSR count). The summed E-state index contributed by atoms with van der Waals surface area (Å²) in [5.41, 5.74) is 7.54. The maximum atomic E-state index is 2.47. The second-order valence-electron chi connectivity index (χ2n) is 10.6. The summed E-state index contributed by atoms with van der Waals surface area (Å²) in [6, 6.07) is 44.9. The highest BCUT2D eigenvalue weighted by molar-refractivity contribution is 7.25. The minimum Gasteiger partial charge on any atom is -0.309 e. The van der Waals surface area contributed by atoms with Crippen LogP contribution >= 0.6 is 11.3 Å². The number of rotatable bonds is 1. The van der Waals surface area contributed by atoms with Gasteiger partial charge in [-0.15, -0.1) is 11.3 Å². The van der Waals surface area contributed by atoms with Gasteiger partial charge in [0.05, 0.1) is 27.6 Å². The second kappa shape index (κ2) is 6.96. The summed E-state index contributed by atoms with van der Waals surface area (Å²) >= 11 is 1.88. The third kappa shape index (κ3) is 2.42. The Kier molecular flexibility index (Phi) is 3.59. The molecule has 180 valence electrons. The van der Waals surface area contributed by atoms with E-state index in [1.54, 1.807) is 0 Å². The van der Waals surface area contributed by atoms with Crippen LogP contribution < -0.4 is 0 Å². The Morgan fingerprint density at radius 3 is 1.90 bits per heavy atom. The summed E-state index contributed by atoms with van der Waals surface area (Å²) in [5.74, 6) is 0. The Morgan fingerprint density at radius 1 is 0.385 bits per heavy atom. The monoisotopic (exact) mass is 512 g/mol. The Labute approximate surface area is 226 Å². The summed E-state index contributed by atoms with van der Waals surface area (Å²) in [6.45, 7) is 0. The lowest BCUT2D eigenvalue weighted by molar-refractivity contribution is 1.18. The van der Waals surface area contributed by atoms with E-state index in [1.807, 2.05) is 11.3 Å². The number of fused-ring (bicyclic) bond motifs is 12. The van der Waals surface area contributed by atoms with E-state index in [1.165, 1.54) is 85.8 Å². The third-order valence-corrected chi connectivity index (χ3v) is 9.77. The molecule has 0 fully saturated rings. The fraction of sp³-hybridized carbons (Fsp3) is 0. The van der Waals surface area contributed by atoms with Crippen LogP contribution in [0.2, 0.25) is 0 Å². The number of hydrogen-bond donors (Lipinski definition) is 0. The first-order chi connectivity index (χ1) is 19.3. The van der Waals surface area contributed by atoms with E-state index in [4.69, 9.17) is 0 Å². The Morgan fingerprint density at radius 2 is 1.05 bits per heavy atom. The molecule has 0 atom stereocenters. The highest BCUT2D eigenvalue weighted by Gasteiger charge is 2.19. The Hall–Kier alpha value is -4.86. The number of thiophene rings is 1. The van der Waals surface area contributed by atoms with E-state index in [-0.39, 0.29) is 0 Å². The number of benzene rings is 6. The smallest absolute Gasteiger partial charge is 0.0620 e. The standard InChI is InChI=1S/C36H20N2S/c1-5-14-31-22(8-1)26-11-7-12-27-24-17-16-21(18-32(24)38(31)36(26)27)37-30-13-4-2-9-23(30)28-19-29-25-10-3-6-15-34(25)39-35(29)20-33(28)37/h1-20H. The number of aromatic nitrogens is 2. The average molecular weight is 513 g/mol. The van der Waals surface area contributed by atoms with E-state index in [2.05, 4.69) is 130 Å². The summed E-state index contributed by atoms with van der Waals surface area (Å²) < 4.78 is 7.60. The molecule has 0 N–H and O–H groups in total. The lowest BCUT2D eigenvalue weighted by Gasteiger charge is -2.09. The van der Waals surface area contributed by atoms with Crippen molar-refractivity contribution >= 4 is 91.4 Å². The highest BCUT2D eigenvalue weighted by Crippen LogP contribution is 2.42. The third-order valence-electron chi connectivity index (χ3n) is 8.64. The van der Waals surface area contributed by atoms with E-state index < -0.39 is 0 Å². The van der Waals surface area contributed by atoms with Crippen LogP contribution in [0.4, 0.5) is 0 Å². The maximum Gasteiger partial charge on any atom is 0.0620 e. The van der Waals surface area contributed by atoms with Gasteiger partial charge in [0.2, 0.25) is 0 Å². The molecule has 4 heterocycles. The van der Waals surface area contributed by atoms with Gasteiger partial charge in [-0.3, -0.25) is 0 Å². The van der Waals surface area contributed by atoms with E-state index in [0.29, 0.717) is 0 Å². The molecule has 0 unspecified atom stereocenters. The van der Waals surface area contributed by atoms with Crippen LogP contribution in [0.3, 0.4) is 0 Å². The number of nitrogens with zero attached hydrogens (tertiary/aromatic N) is 2. The molecule has 10 aromatic rings. The number of para-hydroxylation sites is 3. The molecule has 0 aliphatic rings. The van der Waals surface area contributed by atoms with Crippen molar-refractivity contribution in [1.82, 2.24) is 8.97 Å². The predicted octanol–water partition coefficient (Wildman–Crippen LogP) is 10.3. The van der Waals surface area contributed by atoms with Gasteiger partial charge in [0.15, 0.2) is 0 Å². The second-order valence-corrected chi connectivity index (χ2v) is 11.7. The van der Waals surface area contributed by atoms with E-state index in [9.17, 15) is 0 Å².